The Morgan fingerprint density at radius 1 is 1.40 bits per heavy atom. The van der Waals surface area contributed by atoms with Gasteiger partial charge in [0.1, 0.15) is 5.15 Å². The first-order valence-electron chi connectivity index (χ1n) is 5.53. The first-order valence-corrected chi connectivity index (χ1v) is 5.90. The molecule has 0 amide bonds. The zero-order chi connectivity index (χ0) is 10.5. The molecule has 82 valence electrons. The van der Waals surface area contributed by atoms with Crippen LogP contribution in [0.2, 0.25) is 5.15 Å². The van der Waals surface area contributed by atoms with Gasteiger partial charge in [0, 0.05) is 12.8 Å². The minimum absolute atomic E-state index is 0.539. The number of ether oxygens (including phenoxy) is 1. The molecular weight excluding hydrogens is 210 g/mol. The van der Waals surface area contributed by atoms with Gasteiger partial charge in [-0.1, -0.05) is 24.4 Å². The van der Waals surface area contributed by atoms with Crippen LogP contribution >= 0.6 is 11.6 Å². The summed E-state index contributed by atoms with van der Waals surface area (Å²) in [4.78, 5) is 3.94. The monoisotopic (exact) mass is 225 g/mol. The van der Waals surface area contributed by atoms with Crippen molar-refractivity contribution in [1.82, 2.24) is 4.98 Å². The lowest BCUT2D eigenvalue weighted by atomic mass is 10.1. The van der Waals surface area contributed by atoms with Gasteiger partial charge in [0.15, 0.2) is 0 Å². The zero-order valence-electron chi connectivity index (χ0n) is 8.79. The van der Waals surface area contributed by atoms with E-state index in [0.717, 1.165) is 18.1 Å². The van der Waals surface area contributed by atoms with E-state index in [1.54, 1.807) is 6.20 Å². The van der Waals surface area contributed by atoms with Gasteiger partial charge in [0.25, 0.3) is 0 Å². The first kappa shape index (κ1) is 10.9. The van der Waals surface area contributed by atoms with Crippen molar-refractivity contribution in [3.05, 3.63) is 29.0 Å². The summed E-state index contributed by atoms with van der Waals surface area (Å²) in [6.07, 6.45) is 7.12. The number of hydrogen-bond donors (Lipinski definition) is 0. The van der Waals surface area contributed by atoms with Crippen LogP contribution in [0.3, 0.4) is 0 Å². The minimum Gasteiger partial charge on any atom is -0.376 e. The largest absolute Gasteiger partial charge is 0.376 e. The van der Waals surface area contributed by atoms with Crippen LogP contribution in [0, 0.1) is 5.92 Å². The van der Waals surface area contributed by atoms with Gasteiger partial charge < -0.3 is 4.74 Å². The molecule has 15 heavy (non-hydrogen) atoms. The zero-order valence-corrected chi connectivity index (χ0v) is 9.54. The summed E-state index contributed by atoms with van der Waals surface area (Å²) in [6, 6.07) is 3.80. The van der Waals surface area contributed by atoms with Crippen LogP contribution in [0.1, 0.15) is 31.2 Å². The second-order valence-electron chi connectivity index (χ2n) is 4.15. The summed E-state index contributed by atoms with van der Waals surface area (Å²) < 4.78 is 5.67. The summed E-state index contributed by atoms with van der Waals surface area (Å²) in [6.45, 7) is 1.54. The number of nitrogens with zero attached hydrogens (tertiary/aromatic N) is 1. The fourth-order valence-corrected chi connectivity index (χ4v) is 2.25. The van der Waals surface area contributed by atoms with E-state index in [1.165, 1.54) is 25.7 Å². The number of hydrogen-bond acceptors (Lipinski definition) is 2. The average Bonchev–Trinajstić information content (AvgIpc) is 2.71. The summed E-state index contributed by atoms with van der Waals surface area (Å²) in [5, 5.41) is 0.539. The third kappa shape index (κ3) is 3.47. The molecule has 0 radical (unpaired) electrons. The fraction of sp³-hybridized carbons (Fsp3) is 0.583. The minimum atomic E-state index is 0.539. The lowest BCUT2D eigenvalue weighted by Gasteiger charge is -2.09. The highest BCUT2D eigenvalue weighted by Crippen LogP contribution is 2.25. The van der Waals surface area contributed by atoms with E-state index in [2.05, 4.69) is 4.98 Å². The van der Waals surface area contributed by atoms with Gasteiger partial charge >= 0.3 is 0 Å². The van der Waals surface area contributed by atoms with Crippen molar-refractivity contribution in [1.29, 1.82) is 0 Å². The first-order chi connectivity index (χ1) is 7.34. The maximum absolute atomic E-state index is 5.78. The average molecular weight is 226 g/mol. The molecule has 0 unspecified atom stereocenters. The molecule has 0 N–H and O–H groups in total. The quantitative estimate of drug-likeness (QED) is 0.733. The molecule has 0 aliphatic heterocycles. The highest BCUT2D eigenvalue weighted by atomic mass is 35.5. The van der Waals surface area contributed by atoms with Gasteiger partial charge in [-0.25, -0.2) is 4.98 Å². The molecule has 0 saturated heterocycles. The van der Waals surface area contributed by atoms with Gasteiger partial charge in [-0.3, -0.25) is 0 Å². The number of aromatic nitrogens is 1. The van der Waals surface area contributed by atoms with Crippen molar-refractivity contribution in [3.63, 3.8) is 0 Å². The molecule has 2 nitrogen and oxygen atoms in total. The summed E-state index contributed by atoms with van der Waals surface area (Å²) >= 11 is 5.78. The normalized spacial score (nSPS) is 17.1. The van der Waals surface area contributed by atoms with Crippen molar-refractivity contribution in [3.8, 4) is 0 Å². The van der Waals surface area contributed by atoms with Gasteiger partial charge in [-0.2, -0.15) is 0 Å². The van der Waals surface area contributed by atoms with Crippen molar-refractivity contribution >= 4 is 11.6 Å². The molecule has 1 aromatic rings. The van der Waals surface area contributed by atoms with Crippen LogP contribution < -0.4 is 0 Å². The molecule has 0 aromatic carbocycles. The lowest BCUT2D eigenvalue weighted by molar-refractivity contribution is 0.0888. The van der Waals surface area contributed by atoms with Crippen LogP contribution in [0.25, 0.3) is 0 Å². The molecule has 1 aliphatic carbocycles. The topological polar surface area (TPSA) is 22.1 Å². The molecule has 3 heteroatoms. The molecule has 1 heterocycles. The van der Waals surface area contributed by atoms with E-state index in [4.69, 9.17) is 16.3 Å². The van der Waals surface area contributed by atoms with Crippen molar-refractivity contribution in [2.75, 3.05) is 6.61 Å². The Morgan fingerprint density at radius 2 is 2.20 bits per heavy atom. The predicted molar refractivity (Wildman–Crippen MR) is 60.9 cm³/mol. The fourth-order valence-electron chi connectivity index (χ4n) is 2.05. The third-order valence-electron chi connectivity index (χ3n) is 2.89. The Bertz CT molecular complexity index is 310. The van der Waals surface area contributed by atoms with Crippen molar-refractivity contribution < 1.29 is 4.74 Å². The molecule has 0 bridgehead atoms. The lowest BCUT2D eigenvalue weighted by Crippen LogP contribution is -2.05. The molecule has 1 saturated carbocycles. The Hall–Kier alpha value is -0.600. The van der Waals surface area contributed by atoms with E-state index < -0.39 is 0 Å². The Kier molecular flexibility index (Phi) is 3.98. The van der Waals surface area contributed by atoms with Crippen LogP contribution in [-0.2, 0) is 11.3 Å². The molecule has 1 aromatic heterocycles. The third-order valence-corrected chi connectivity index (χ3v) is 3.09. The molecule has 0 spiro atoms. The highest BCUT2D eigenvalue weighted by molar-refractivity contribution is 6.29. The summed E-state index contributed by atoms with van der Waals surface area (Å²) in [7, 11) is 0. The number of pyridine rings is 1. The number of rotatable bonds is 4. The van der Waals surface area contributed by atoms with E-state index in [-0.39, 0.29) is 0 Å². The van der Waals surface area contributed by atoms with E-state index in [1.807, 2.05) is 12.1 Å². The second-order valence-corrected chi connectivity index (χ2v) is 4.54. The van der Waals surface area contributed by atoms with Crippen molar-refractivity contribution in [2.24, 2.45) is 5.92 Å². The summed E-state index contributed by atoms with van der Waals surface area (Å²) in [5.41, 5.74) is 1.10. The van der Waals surface area contributed by atoms with Gasteiger partial charge in [0.05, 0.1) is 6.61 Å². The Labute approximate surface area is 95.6 Å². The van der Waals surface area contributed by atoms with E-state index >= 15 is 0 Å². The molecule has 1 fully saturated rings. The molecule has 0 atom stereocenters. The van der Waals surface area contributed by atoms with Gasteiger partial charge in [-0.15, -0.1) is 0 Å². The van der Waals surface area contributed by atoms with E-state index in [9.17, 15) is 0 Å². The Morgan fingerprint density at radius 3 is 2.93 bits per heavy atom. The van der Waals surface area contributed by atoms with Crippen molar-refractivity contribution in [2.45, 2.75) is 32.3 Å². The van der Waals surface area contributed by atoms with Crippen LogP contribution in [0.15, 0.2) is 18.3 Å². The predicted octanol–water partition coefficient (Wildman–Crippen LogP) is 3.44. The second kappa shape index (κ2) is 5.47. The molecule has 1 aliphatic rings. The smallest absolute Gasteiger partial charge is 0.129 e. The number of halogens is 1. The van der Waals surface area contributed by atoms with Crippen LogP contribution in [-0.4, -0.2) is 11.6 Å². The molecular formula is C12H16ClNO. The maximum Gasteiger partial charge on any atom is 0.129 e. The van der Waals surface area contributed by atoms with E-state index in [0.29, 0.717) is 11.8 Å². The van der Waals surface area contributed by atoms with Gasteiger partial charge in [-0.05, 0) is 36.5 Å². The highest BCUT2D eigenvalue weighted by Gasteiger charge is 2.14. The SMILES string of the molecule is Clc1cc(COCC2CCCC2)ccn1. The maximum atomic E-state index is 5.78. The van der Waals surface area contributed by atoms with Crippen LogP contribution in [0.4, 0.5) is 0 Å². The standard InChI is InChI=1S/C12H16ClNO/c13-12-7-11(5-6-14-12)9-15-8-10-3-1-2-4-10/h5-7,10H,1-4,8-9H2. The van der Waals surface area contributed by atoms with Crippen LogP contribution in [0.5, 0.6) is 0 Å². The molecule has 2 rings (SSSR count). The van der Waals surface area contributed by atoms with Gasteiger partial charge in [0.2, 0.25) is 0 Å². The summed E-state index contributed by atoms with van der Waals surface area (Å²) in [5.74, 6) is 0.780. The Balaban J connectivity index is 1.73.